The average molecular weight is 264 g/mol. The molecule has 2 atom stereocenters. The summed E-state index contributed by atoms with van der Waals surface area (Å²) in [5, 5.41) is 3.39. The topological polar surface area (TPSA) is 34.1 Å². The van der Waals surface area contributed by atoms with Crippen molar-refractivity contribution in [3.8, 4) is 0 Å². The van der Waals surface area contributed by atoms with Crippen LogP contribution in [-0.4, -0.2) is 30.3 Å². The number of hydrogen-bond acceptors (Lipinski definition) is 3. The van der Waals surface area contributed by atoms with E-state index in [1.165, 1.54) is 5.56 Å². The first kappa shape index (κ1) is 16.1. The Hall–Kier alpha value is -0.930. The summed E-state index contributed by atoms with van der Waals surface area (Å²) in [6.45, 7) is 9.29. The second-order valence-electron chi connectivity index (χ2n) is 5.16. The number of hydrogen-bond donors (Lipinski definition) is 1. The van der Waals surface area contributed by atoms with Crippen LogP contribution in [0.1, 0.15) is 45.4 Å². The van der Waals surface area contributed by atoms with Crippen molar-refractivity contribution in [2.45, 2.75) is 58.6 Å². The predicted octanol–water partition coefficient (Wildman–Crippen LogP) is 2.98. The summed E-state index contributed by atoms with van der Waals surface area (Å²) < 4.78 is 5.96. The molecule has 1 rings (SSSR count). The van der Waals surface area contributed by atoms with Gasteiger partial charge in [0.1, 0.15) is 0 Å². The van der Waals surface area contributed by atoms with Gasteiger partial charge in [-0.2, -0.15) is 0 Å². The summed E-state index contributed by atoms with van der Waals surface area (Å²) in [7, 11) is 2.00. The molecule has 1 heterocycles. The van der Waals surface area contributed by atoms with Gasteiger partial charge in [0.2, 0.25) is 0 Å². The molecule has 1 aromatic heterocycles. The lowest BCUT2D eigenvalue weighted by atomic mass is 9.89. The molecule has 0 saturated carbocycles. The quantitative estimate of drug-likeness (QED) is 0.784. The third-order valence-corrected chi connectivity index (χ3v) is 3.97. The van der Waals surface area contributed by atoms with Gasteiger partial charge in [-0.3, -0.25) is 4.98 Å². The molecule has 19 heavy (non-hydrogen) atoms. The fraction of sp³-hybridized carbons (Fsp3) is 0.688. The van der Waals surface area contributed by atoms with Gasteiger partial charge in [0.25, 0.3) is 0 Å². The number of nitrogens with zero attached hydrogens (tertiary/aromatic N) is 1. The molecule has 0 saturated heterocycles. The lowest BCUT2D eigenvalue weighted by Crippen LogP contribution is -2.50. The van der Waals surface area contributed by atoms with Crippen LogP contribution in [0, 0.1) is 0 Å². The highest BCUT2D eigenvalue weighted by atomic mass is 16.5. The number of pyridine rings is 1. The summed E-state index contributed by atoms with van der Waals surface area (Å²) in [6, 6.07) is 4.57. The van der Waals surface area contributed by atoms with E-state index in [0.29, 0.717) is 0 Å². The van der Waals surface area contributed by atoms with Crippen LogP contribution >= 0.6 is 0 Å². The average Bonchev–Trinajstić information content (AvgIpc) is 2.45. The molecular weight excluding hydrogens is 236 g/mol. The van der Waals surface area contributed by atoms with E-state index in [4.69, 9.17) is 4.74 Å². The van der Waals surface area contributed by atoms with Gasteiger partial charge in [-0.25, -0.2) is 0 Å². The first-order valence-corrected chi connectivity index (χ1v) is 7.34. The summed E-state index contributed by atoms with van der Waals surface area (Å²) in [5.41, 5.74) is 2.26. The van der Waals surface area contributed by atoms with Crippen molar-refractivity contribution in [1.29, 1.82) is 0 Å². The normalized spacial score (nSPS) is 16.1. The van der Waals surface area contributed by atoms with E-state index in [2.05, 4.69) is 50.1 Å². The minimum absolute atomic E-state index is 0.144. The largest absolute Gasteiger partial charge is 0.374 e. The predicted molar refractivity (Wildman–Crippen MR) is 80.5 cm³/mol. The van der Waals surface area contributed by atoms with Crippen molar-refractivity contribution >= 4 is 0 Å². The highest BCUT2D eigenvalue weighted by Crippen LogP contribution is 2.22. The Morgan fingerprint density at radius 1 is 1.32 bits per heavy atom. The van der Waals surface area contributed by atoms with Gasteiger partial charge < -0.3 is 10.1 Å². The van der Waals surface area contributed by atoms with E-state index < -0.39 is 0 Å². The second kappa shape index (κ2) is 7.61. The molecular formula is C16H28N2O. The summed E-state index contributed by atoms with van der Waals surface area (Å²) >= 11 is 0. The van der Waals surface area contributed by atoms with E-state index in [9.17, 15) is 0 Å². The highest BCUT2D eigenvalue weighted by molar-refractivity contribution is 5.15. The van der Waals surface area contributed by atoms with Crippen molar-refractivity contribution in [3.63, 3.8) is 0 Å². The van der Waals surface area contributed by atoms with Gasteiger partial charge >= 0.3 is 0 Å². The molecule has 3 nitrogen and oxygen atoms in total. The Balaban J connectivity index is 2.79. The summed E-state index contributed by atoms with van der Waals surface area (Å²) in [5.74, 6) is 0. The van der Waals surface area contributed by atoms with Crippen molar-refractivity contribution < 1.29 is 4.74 Å². The first-order valence-electron chi connectivity index (χ1n) is 7.34. The van der Waals surface area contributed by atoms with Crippen LogP contribution in [-0.2, 0) is 17.6 Å². The third-order valence-electron chi connectivity index (χ3n) is 3.97. The van der Waals surface area contributed by atoms with Gasteiger partial charge in [0.15, 0.2) is 0 Å². The van der Waals surface area contributed by atoms with E-state index in [1.807, 2.05) is 13.2 Å². The molecule has 0 aromatic carbocycles. The fourth-order valence-corrected chi connectivity index (χ4v) is 2.40. The standard InChI is InChI=1S/C16H28N2O/c1-6-13-9-10-14(18-12-13)11-15(17-5)16(4,7-2)19-8-3/h9-10,12,15,17H,6-8,11H2,1-5H3. The van der Waals surface area contributed by atoms with E-state index in [1.54, 1.807) is 0 Å². The maximum Gasteiger partial charge on any atom is 0.0807 e. The molecule has 1 aromatic rings. The zero-order valence-electron chi connectivity index (χ0n) is 13.0. The number of aryl methyl sites for hydroxylation is 1. The molecule has 0 aliphatic carbocycles. The Kier molecular flexibility index (Phi) is 6.46. The smallest absolute Gasteiger partial charge is 0.0807 e. The fourth-order valence-electron chi connectivity index (χ4n) is 2.40. The highest BCUT2D eigenvalue weighted by Gasteiger charge is 2.32. The molecule has 0 spiro atoms. The summed E-state index contributed by atoms with van der Waals surface area (Å²) in [4.78, 5) is 4.55. The minimum atomic E-state index is -0.144. The zero-order valence-corrected chi connectivity index (χ0v) is 13.0. The van der Waals surface area contributed by atoms with Crippen LogP contribution in [0.3, 0.4) is 0 Å². The van der Waals surface area contributed by atoms with Gasteiger partial charge in [-0.15, -0.1) is 0 Å². The van der Waals surface area contributed by atoms with E-state index in [0.717, 1.165) is 31.6 Å². The first-order chi connectivity index (χ1) is 9.09. The third kappa shape index (κ3) is 4.29. The number of aromatic nitrogens is 1. The minimum Gasteiger partial charge on any atom is -0.374 e. The molecule has 0 aliphatic rings. The lowest BCUT2D eigenvalue weighted by Gasteiger charge is -2.36. The molecule has 2 unspecified atom stereocenters. The van der Waals surface area contributed by atoms with Crippen LogP contribution in [0.25, 0.3) is 0 Å². The number of nitrogens with one attached hydrogen (secondary N) is 1. The summed E-state index contributed by atoms with van der Waals surface area (Å²) in [6.07, 6.45) is 4.89. The molecule has 3 heteroatoms. The van der Waals surface area contributed by atoms with Gasteiger partial charge in [-0.1, -0.05) is 19.9 Å². The monoisotopic (exact) mass is 264 g/mol. The number of likely N-dealkylation sites (N-methyl/N-ethyl adjacent to an activating group) is 1. The molecule has 0 aliphatic heterocycles. The van der Waals surface area contributed by atoms with Crippen molar-refractivity contribution in [3.05, 3.63) is 29.6 Å². The Labute approximate surface area is 117 Å². The second-order valence-corrected chi connectivity index (χ2v) is 5.16. The molecule has 1 N–H and O–H groups in total. The Morgan fingerprint density at radius 3 is 2.47 bits per heavy atom. The molecule has 0 amide bonds. The van der Waals surface area contributed by atoms with Gasteiger partial charge in [0, 0.05) is 31.0 Å². The maximum atomic E-state index is 5.96. The zero-order chi connectivity index (χ0) is 14.3. The SMILES string of the molecule is CCOC(C)(CC)C(Cc1ccc(CC)cn1)NC. The van der Waals surface area contributed by atoms with Crippen LogP contribution in [0.2, 0.25) is 0 Å². The van der Waals surface area contributed by atoms with Crippen LogP contribution < -0.4 is 5.32 Å². The molecule has 0 radical (unpaired) electrons. The molecule has 108 valence electrons. The van der Waals surface area contributed by atoms with Gasteiger partial charge in [-0.05, 0) is 45.4 Å². The van der Waals surface area contributed by atoms with Crippen molar-refractivity contribution in [1.82, 2.24) is 10.3 Å². The Morgan fingerprint density at radius 2 is 2.05 bits per heavy atom. The van der Waals surface area contributed by atoms with Crippen LogP contribution in [0.5, 0.6) is 0 Å². The van der Waals surface area contributed by atoms with E-state index in [-0.39, 0.29) is 11.6 Å². The molecule has 0 bridgehead atoms. The molecule has 0 fully saturated rings. The number of rotatable bonds is 8. The Bertz CT molecular complexity index is 364. The number of ether oxygens (including phenoxy) is 1. The van der Waals surface area contributed by atoms with E-state index >= 15 is 0 Å². The van der Waals surface area contributed by atoms with Crippen LogP contribution in [0.4, 0.5) is 0 Å². The van der Waals surface area contributed by atoms with Crippen molar-refractivity contribution in [2.24, 2.45) is 0 Å². The van der Waals surface area contributed by atoms with Crippen LogP contribution in [0.15, 0.2) is 18.3 Å². The van der Waals surface area contributed by atoms with Gasteiger partial charge in [0.05, 0.1) is 5.60 Å². The lowest BCUT2D eigenvalue weighted by molar-refractivity contribution is -0.0536. The van der Waals surface area contributed by atoms with Crippen molar-refractivity contribution in [2.75, 3.05) is 13.7 Å². The maximum absolute atomic E-state index is 5.96.